The second-order valence-electron chi connectivity index (χ2n) is 19.9. The normalized spacial score (nSPS) is 13.2. The number of aliphatic hydroxyl groups is 3. The molecule has 4 N–H and O–H groups in total. The zero-order chi connectivity index (χ0) is 44.4. The molecule has 0 heterocycles. The molecule has 0 spiro atoms. The molecule has 0 saturated carbocycles. The Balaban J connectivity index is 3.36. The number of aliphatic hydroxyl groups excluding tert-OH is 3. The van der Waals surface area contributed by atoms with Gasteiger partial charge in [-0.2, -0.15) is 0 Å². The summed E-state index contributed by atoms with van der Waals surface area (Å²) in [5.74, 6) is -0.138. The molecule has 1 amide bonds. The first kappa shape index (κ1) is 60.4. The predicted octanol–water partition coefficient (Wildman–Crippen LogP) is 17.3. The molecule has 5 nitrogen and oxygen atoms in total. The van der Waals surface area contributed by atoms with E-state index in [1.807, 2.05) is 0 Å². The second kappa shape index (κ2) is 52.0. The highest BCUT2D eigenvalue weighted by Gasteiger charge is 2.26. The maximum absolute atomic E-state index is 12.5. The standard InChI is InChI=1S/C56H113NO4/c1-3-5-7-9-11-13-15-16-17-18-19-20-21-22-23-24-25-26-27-28-29-30-31-32-33-34-35-36-37-38-39-40-41-43-45-47-49-51-55(60)57-53(52-58)56(61)54(59)50-48-46-44-42-14-12-10-8-6-4-2/h53-54,56,58-59,61H,3-52H2,1-2H3,(H,57,60). The van der Waals surface area contributed by atoms with Crippen molar-refractivity contribution in [2.24, 2.45) is 0 Å². The van der Waals surface area contributed by atoms with Gasteiger partial charge in [0.2, 0.25) is 5.91 Å². The zero-order valence-electron chi connectivity index (χ0n) is 41.8. The second-order valence-corrected chi connectivity index (χ2v) is 19.9. The van der Waals surface area contributed by atoms with Crippen molar-refractivity contribution in [1.82, 2.24) is 5.32 Å². The van der Waals surface area contributed by atoms with Crippen molar-refractivity contribution < 1.29 is 20.1 Å². The lowest BCUT2D eigenvalue weighted by Gasteiger charge is -2.26. The third-order valence-electron chi connectivity index (χ3n) is 13.7. The molecule has 3 unspecified atom stereocenters. The van der Waals surface area contributed by atoms with Gasteiger partial charge in [0.25, 0.3) is 0 Å². The predicted molar refractivity (Wildman–Crippen MR) is 269 cm³/mol. The molecule has 61 heavy (non-hydrogen) atoms. The summed E-state index contributed by atoms with van der Waals surface area (Å²) >= 11 is 0. The monoisotopic (exact) mass is 864 g/mol. The molecule has 0 bridgehead atoms. The summed E-state index contributed by atoms with van der Waals surface area (Å²) in [6.45, 7) is 4.19. The van der Waals surface area contributed by atoms with E-state index in [9.17, 15) is 20.1 Å². The Labute approximate surface area is 383 Å². The molecule has 5 heteroatoms. The first-order chi connectivity index (χ1) is 30.1. The summed E-state index contributed by atoms with van der Waals surface area (Å²) in [5, 5.41) is 33.5. The minimum Gasteiger partial charge on any atom is -0.394 e. The van der Waals surface area contributed by atoms with E-state index in [-0.39, 0.29) is 12.5 Å². The molecular weight excluding hydrogens is 751 g/mol. The number of nitrogens with one attached hydrogen (secondary N) is 1. The third kappa shape index (κ3) is 47.1. The number of carbonyl (C=O) groups excluding carboxylic acids is 1. The highest BCUT2D eigenvalue weighted by Crippen LogP contribution is 2.19. The number of hydrogen-bond acceptors (Lipinski definition) is 4. The fourth-order valence-electron chi connectivity index (χ4n) is 9.34. The lowest BCUT2D eigenvalue weighted by molar-refractivity contribution is -0.124. The summed E-state index contributed by atoms with van der Waals surface area (Å²) in [4.78, 5) is 12.5. The number of amides is 1. The highest BCUT2D eigenvalue weighted by atomic mass is 16.3. The minimum absolute atomic E-state index is 0.138. The van der Waals surface area contributed by atoms with Crippen molar-refractivity contribution in [3.63, 3.8) is 0 Å². The molecule has 3 atom stereocenters. The Morgan fingerprint density at radius 3 is 0.787 bits per heavy atom. The van der Waals surface area contributed by atoms with E-state index in [4.69, 9.17) is 0 Å². The summed E-state index contributed by atoms with van der Waals surface area (Å²) in [7, 11) is 0. The van der Waals surface area contributed by atoms with Crippen molar-refractivity contribution >= 4 is 5.91 Å². The lowest BCUT2D eigenvalue weighted by Crippen LogP contribution is -2.50. The van der Waals surface area contributed by atoms with Crippen LogP contribution in [0.1, 0.15) is 328 Å². The Bertz CT molecular complexity index is 822. The zero-order valence-corrected chi connectivity index (χ0v) is 41.8. The summed E-state index contributed by atoms with van der Waals surface area (Å²) < 4.78 is 0. The van der Waals surface area contributed by atoms with Gasteiger partial charge in [-0.1, -0.05) is 309 Å². The number of carbonyl (C=O) groups is 1. The van der Waals surface area contributed by atoms with Gasteiger partial charge in [0.05, 0.1) is 18.8 Å². The van der Waals surface area contributed by atoms with Crippen molar-refractivity contribution in [3.8, 4) is 0 Å². The van der Waals surface area contributed by atoms with Crippen LogP contribution in [0.15, 0.2) is 0 Å². The van der Waals surface area contributed by atoms with Crippen molar-refractivity contribution in [1.29, 1.82) is 0 Å². The molecule has 0 fully saturated rings. The topological polar surface area (TPSA) is 89.8 Å². The van der Waals surface area contributed by atoms with Gasteiger partial charge in [0, 0.05) is 6.42 Å². The SMILES string of the molecule is CCCCCCCCCCCCCCCCCCCCCCCCCCCCCCCCCCCCCCCC(=O)NC(CO)C(O)C(O)CCCCCCCCCCCC. The minimum atomic E-state index is -1.13. The molecule has 0 aromatic carbocycles. The first-order valence-corrected chi connectivity index (χ1v) is 28.3. The molecular formula is C56H113NO4. The highest BCUT2D eigenvalue weighted by molar-refractivity contribution is 5.76. The van der Waals surface area contributed by atoms with Crippen LogP contribution in [0.3, 0.4) is 0 Å². The van der Waals surface area contributed by atoms with Gasteiger partial charge in [-0.05, 0) is 12.8 Å². The van der Waals surface area contributed by atoms with Gasteiger partial charge in [0.15, 0.2) is 0 Å². The van der Waals surface area contributed by atoms with Crippen LogP contribution in [-0.2, 0) is 4.79 Å². The Morgan fingerprint density at radius 1 is 0.344 bits per heavy atom. The molecule has 0 rings (SSSR count). The number of rotatable bonds is 53. The van der Waals surface area contributed by atoms with Crippen molar-refractivity contribution in [2.45, 2.75) is 347 Å². The van der Waals surface area contributed by atoms with Gasteiger partial charge in [-0.15, -0.1) is 0 Å². The molecule has 0 aliphatic rings. The summed E-state index contributed by atoms with van der Waals surface area (Å²) in [6, 6.07) is -0.802. The van der Waals surface area contributed by atoms with E-state index < -0.39 is 18.2 Å². The largest absolute Gasteiger partial charge is 0.394 e. The molecule has 0 aromatic rings. The van der Waals surface area contributed by atoms with Crippen molar-refractivity contribution in [2.75, 3.05) is 6.61 Å². The van der Waals surface area contributed by atoms with E-state index in [0.29, 0.717) is 12.8 Å². The van der Waals surface area contributed by atoms with Crippen LogP contribution in [0.4, 0.5) is 0 Å². The average molecular weight is 865 g/mol. The molecule has 0 aromatic heterocycles. The van der Waals surface area contributed by atoms with Crippen LogP contribution in [0.2, 0.25) is 0 Å². The molecule has 0 aliphatic carbocycles. The fourth-order valence-corrected chi connectivity index (χ4v) is 9.34. The molecule has 0 saturated heterocycles. The summed E-state index contributed by atoms with van der Waals surface area (Å²) in [6.07, 6.45) is 62.9. The van der Waals surface area contributed by atoms with E-state index in [1.165, 1.54) is 263 Å². The van der Waals surface area contributed by atoms with Crippen LogP contribution in [0.25, 0.3) is 0 Å². The van der Waals surface area contributed by atoms with E-state index in [0.717, 1.165) is 38.5 Å². The van der Waals surface area contributed by atoms with Gasteiger partial charge in [-0.25, -0.2) is 0 Å². The number of unbranched alkanes of at least 4 members (excludes halogenated alkanes) is 45. The van der Waals surface area contributed by atoms with E-state index >= 15 is 0 Å². The molecule has 0 aliphatic heterocycles. The lowest BCUT2D eigenvalue weighted by atomic mass is 9.99. The van der Waals surface area contributed by atoms with Gasteiger partial charge in [-0.3, -0.25) is 4.79 Å². The van der Waals surface area contributed by atoms with E-state index in [2.05, 4.69) is 19.2 Å². The van der Waals surface area contributed by atoms with Crippen LogP contribution in [0.5, 0.6) is 0 Å². The Kier molecular flexibility index (Phi) is 51.4. The molecule has 0 radical (unpaired) electrons. The summed E-state index contributed by atoms with van der Waals surface area (Å²) in [5.41, 5.74) is 0. The van der Waals surface area contributed by atoms with Gasteiger partial charge in [0.1, 0.15) is 6.10 Å². The van der Waals surface area contributed by atoms with Crippen LogP contribution < -0.4 is 5.32 Å². The van der Waals surface area contributed by atoms with Crippen LogP contribution in [-0.4, -0.2) is 46.1 Å². The van der Waals surface area contributed by atoms with Crippen molar-refractivity contribution in [3.05, 3.63) is 0 Å². The van der Waals surface area contributed by atoms with Crippen LogP contribution >= 0.6 is 0 Å². The maximum atomic E-state index is 12.5. The van der Waals surface area contributed by atoms with Gasteiger partial charge < -0.3 is 20.6 Å². The molecule has 366 valence electrons. The Morgan fingerprint density at radius 2 is 0.557 bits per heavy atom. The van der Waals surface area contributed by atoms with E-state index in [1.54, 1.807) is 0 Å². The Hall–Kier alpha value is -0.650. The third-order valence-corrected chi connectivity index (χ3v) is 13.7. The average Bonchev–Trinajstić information content (AvgIpc) is 3.26. The smallest absolute Gasteiger partial charge is 0.220 e. The first-order valence-electron chi connectivity index (χ1n) is 28.3. The maximum Gasteiger partial charge on any atom is 0.220 e. The van der Waals surface area contributed by atoms with Gasteiger partial charge >= 0.3 is 0 Å². The quantitative estimate of drug-likeness (QED) is 0.0459. The number of hydrogen-bond donors (Lipinski definition) is 4. The van der Waals surface area contributed by atoms with Crippen LogP contribution in [0, 0.1) is 0 Å². The fraction of sp³-hybridized carbons (Fsp3) is 0.982.